The third kappa shape index (κ3) is 6.05. The molecule has 0 spiro atoms. The SMILES string of the molecule is CN(SON)c1c(S(=O)(=O)NCC2CNCCN2)ccc(-c2ccc(N)nc2)c1/C(N)=N/NN. The molecule has 2 heterocycles. The molecule has 3 rings (SSSR count). The number of hydrazine groups is 1. The summed E-state index contributed by atoms with van der Waals surface area (Å²) < 4.78 is 35.6. The van der Waals surface area contributed by atoms with Crippen LogP contribution < -0.4 is 48.4 Å². The van der Waals surface area contributed by atoms with Gasteiger partial charge in [0.1, 0.15) is 22.9 Å². The Morgan fingerprint density at radius 1 is 1.35 bits per heavy atom. The van der Waals surface area contributed by atoms with Crippen molar-refractivity contribution >= 4 is 39.6 Å². The molecular formula is C18H29N11O3S2. The number of nitrogens with zero attached hydrogens (tertiary/aromatic N) is 3. The molecule has 1 aliphatic rings. The zero-order valence-corrected chi connectivity index (χ0v) is 20.1. The van der Waals surface area contributed by atoms with E-state index in [1.165, 1.54) is 10.4 Å². The van der Waals surface area contributed by atoms with E-state index in [1.54, 1.807) is 31.4 Å². The number of rotatable bonds is 10. The van der Waals surface area contributed by atoms with Crippen molar-refractivity contribution in [1.29, 1.82) is 0 Å². The van der Waals surface area contributed by atoms with Gasteiger partial charge in [-0.05, 0) is 23.8 Å². The van der Waals surface area contributed by atoms with Crippen molar-refractivity contribution < 1.29 is 12.7 Å². The average molecular weight is 512 g/mol. The molecule has 12 N–H and O–H groups in total. The van der Waals surface area contributed by atoms with E-state index in [-0.39, 0.29) is 34.6 Å². The van der Waals surface area contributed by atoms with Gasteiger partial charge in [-0.2, -0.15) is 0 Å². The van der Waals surface area contributed by atoms with Gasteiger partial charge in [-0.1, -0.05) is 6.07 Å². The van der Waals surface area contributed by atoms with Crippen molar-refractivity contribution in [3.8, 4) is 11.1 Å². The summed E-state index contributed by atoms with van der Waals surface area (Å²) in [5.41, 5.74) is 15.7. The van der Waals surface area contributed by atoms with Gasteiger partial charge in [0.2, 0.25) is 10.0 Å². The Bertz CT molecular complexity index is 1110. The van der Waals surface area contributed by atoms with Crippen LogP contribution in [-0.2, 0) is 14.3 Å². The lowest BCUT2D eigenvalue weighted by Crippen LogP contribution is -2.53. The van der Waals surface area contributed by atoms with Crippen molar-refractivity contribution in [3.63, 3.8) is 0 Å². The number of nitrogens with one attached hydrogen (secondary N) is 4. The number of nitrogen functional groups attached to an aromatic ring is 1. The monoisotopic (exact) mass is 511 g/mol. The highest BCUT2D eigenvalue weighted by Gasteiger charge is 2.29. The molecule has 2 aromatic rings. The molecular weight excluding hydrogens is 482 g/mol. The fourth-order valence-corrected chi connectivity index (χ4v) is 5.31. The third-order valence-electron chi connectivity index (χ3n) is 5.08. The van der Waals surface area contributed by atoms with Crippen molar-refractivity contribution in [3.05, 3.63) is 36.0 Å². The number of hydrazone groups is 1. The normalized spacial score (nSPS) is 16.9. The first kappa shape index (κ1) is 25.9. The van der Waals surface area contributed by atoms with Crippen LogP contribution in [0.25, 0.3) is 11.1 Å². The van der Waals surface area contributed by atoms with E-state index >= 15 is 0 Å². The maximum atomic E-state index is 13.4. The predicted octanol–water partition coefficient (Wildman–Crippen LogP) is -1.86. The number of aromatic nitrogens is 1. The summed E-state index contributed by atoms with van der Waals surface area (Å²) in [6.45, 7) is 2.40. The lowest BCUT2D eigenvalue weighted by atomic mass is 9.98. The van der Waals surface area contributed by atoms with Crippen molar-refractivity contribution in [1.82, 2.24) is 25.9 Å². The molecule has 1 saturated heterocycles. The van der Waals surface area contributed by atoms with Gasteiger partial charge in [0, 0.05) is 51.0 Å². The molecule has 1 atom stereocenters. The third-order valence-corrected chi connectivity index (χ3v) is 7.03. The van der Waals surface area contributed by atoms with Crippen molar-refractivity contribution in [2.45, 2.75) is 10.9 Å². The molecule has 1 aromatic heterocycles. The van der Waals surface area contributed by atoms with Crippen molar-refractivity contribution in [2.75, 3.05) is 43.3 Å². The fourth-order valence-electron chi connectivity index (χ4n) is 3.54. The summed E-state index contributed by atoms with van der Waals surface area (Å²) in [5, 5.41) is 10.4. The summed E-state index contributed by atoms with van der Waals surface area (Å²) in [4.78, 5) is 4.06. The summed E-state index contributed by atoms with van der Waals surface area (Å²) in [6, 6.07) is 6.37. The van der Waals surface area contributed by atoms with E-state index in [9.17, 15) is 8.42 Å². The highest BCUT2D eigenvalue weighted by Crippen LogP contribution is 2.38. The number of anilines is 2. The summed E-state index contributed by atoms with van der Waals surface area (Å²) in [5.74, 6) is 10.9. The lowest BCUT2D eigenvalue weighted by molar-refractivity contribution is 0.397. The summed E-state index contributed by atoms with van der Waals surface area (Å²) in [6.07, 6.45) is 1.54. The molecule has 1 aliphatic heterocycles. The van der Waals surface area contributed by atoms with E-state index in [1.807, 2.05) is 0 Å². The molecule has 34 heavy (non-hydrogen) atoms. The number of sulfonamides is 1. The number of pyridine rings is 1. The highest BCUT2D eigenvalue weighted by molar-refractivity contribution is 7.96. The van der Waals surface area contributed by atoms with Crippen LogP contribution >= 0.6 is 12.2 Å². The number of hydrogen-bond acceptors (Lipinski definition) is 13. The number of hydrogen-bond donors (Lipinski definition) is 8. The van der Waals surface area contributed by atoms with E-state index in [0.717, 1.165) is 13.1 Å². The molecule has 0 radical (unpaired) electrons. The first-order valence-corrected chi connectivity index (χ1v) is 12.4. The van der Waals surface area contributed by atoms with Crippen LogP contribution in [-0.4, -0.2) is 58.5 Å². The maximum absolute atomic E-state index is 13.4. The molecule has 1 aromatic carbocycles. The van der Waals surface area contributed by atoms with Crippen molar-refractivity contribution in [2.24, 2.45) is 22.6 Å². The first-order chi connectivity index (χ1) is 16.3. The van der Waals surface area contributed by atoms with Crippen LogP contribution in [0.15, 0.2) is 40.5 Å². The zero-order valence-electron chi connectivity index (χ0n) is 18.5. The van der Waals surface area contributed by atoms with E-state index < -0.39 is 10.0 Å². The second-order valence-corrected chi connectivity index (χ2v) is 9.93. The van der Waals surface area contributed by atoms with Gasteiger partial charge in [-0.15, -0.1) is 5.10 Å². The minimum atomic E-state index is -4.00. The van der Waals surface area contributed by atoms with E-state index in [2.05, 4.69) is 31.0 Å². The molecule has 186 valence electrons. The van der Waals surface area contributed by atoms with E-state index in [4.69, 9.17) is 27.5 Å². The smallest absolute Gasteiger partial charge is 0.242 e. The largest absolute Gasteiger partial charge is 0.384 e. The van der Waals surface area contributed by atoms with Gasteiger partial charge >= 0.3 is 0 Å². The van der Waals surface area contributed by atoms with Crippen LogP contribution in [0.2, 0.25) is 0 Å². The quantitative estimate of drug-likeness (QED) is 0.0438. The molecule has 0 saturated carbocycles. The Hall–Kier alpha value is -2.70. The van der Waals surface area contributed by atoms with Crippen LogP contribution in [0.3, 0.4) is 0 Å². The Morgan fingerprint density at radius 3 is 2.76 bits per heavy atom. The second kappa shape index (κ2) is 11.6. The first-order valence-electron chi connectivity index (χ1n) is 10.2. The summed E-state index contributed by atoms with van der Waals surface area (Å²) >= 11 is 0.715. The Balaban J connectivity index is 2.16. The van der Waals surface area contributed by atoms with Crippen LogP contribution in [0.5, 0.6) is 0 Å². The standard InChI is InChI=1S/C18H29N11O3S2/c1-29(33-32-22)17-14(34(30,31)26-10-12-9-23-6-7-24-12)4-3-13(16(17)18(20)27-28-21)11-2-5-15(19)25-8-11/h2-5,8,12,23-24,26,28H,6-7,9-10,21-22H2,1H3,(H2,19,25)(H2,20,27). The number of piperazine rings is 1. The van der Waals surface area contributed by atoms with Gasteiger partial charge in [-0.3, -0.25) is 4.31 Å². The Labute approximate surface area is 202 Å². The zero-order chi connectivity index (χ0) is 24.7. The number of nitrogens with two attached hydrogens (primary N) is 4. The predicted molar refractivity (Wildman–Crippen MR) is 133 cm³/mol. The molecule has 16 heteroatoms. The molecule has 0 amide bonds. The maximum Gasteiger partial charge on any atom is 0.242 e. The van der Waals surface area contributed by atoms with Gasteiger partial charge in [0.25, 0.3) is 0 Å². The lowest BCUT2D eigenvalue weighted by Gasteiger charge is -2.26. The van der Waals surface area contributed by atoms with Gasteiger partial charge in [0.05, 0.1) is 11.3 Å². The highest BCUT2D eigenvalue weighted by atomic mass is 32.2. The minimum Gasteiger partial charge on any atom is -0.384 e. The molecule has 1 unspecified atom stereocenters. The Morgan fingerprint density at radius 2 is 2.15 bits per heavy atom. The molecule has 0 bridgehead atoms. The van der Waals surface area contributed by atoms with Crippen LogP contribution in [0, 0.1) is 0 Å². The van der Waals surface area contributed by atoms with Gasteiger partial charge < -0.3 is 22.1 Å². The summed E-state index contributed by atoms with van der Waals surface area (Å²) in [7, 11) is -2.42. The van der Waals surface area contributed by atoms with Gasteiger partial charge in [0.15, 0.2) is 5.84 Å². The van der Waals surface area contributed by atoms with Gasteiger partial charge in [-0.25, -0.2) is 39.7 Å². The number of benzene rings is 1. The molecule has 14 nitrogen and oxygen atoms in total. The molecule has 1 fully saturated rings. The van der Waals surface area contributed by atoms with Crippen LogP contribution in [0.1, 0.15) is 5.56 Å². The van der Waals surface area contributed by atoms with Crippen LogP contribution in [0.4, 0.5) is 11.5 Å². The Kier molecular flexibility index (Phi) is 8.86. The number of amidine groups is 1. The van der Waals surface area contributed by atoms with E-state index in [0.29, 0.717) is 35.7 Å². The fraction of sp³-hybridized carbons (Fsp3) is 0.333. The second-order valence-electron chi connectivity index (χ2n) is 7.31. The average Bonchev–Trinajstić information content (AvgIpc) is 2.83. The topological polar surface area (TPSA) is 224 Å². The minimum absolute atomic E-state index is 0.0550. The molecule has 0 aliphatic carbocycles.